The lowest BCUT2D eigenvalue weighted by molar-refractivity contribution is 0.0697. The first-order chi connectivity index (χ1) is 8.09. The summed E-state index contributed by atoms with van der Waals surface area (Å²) in [6.45, 7) is 1.81. The maximum Gasteiger partial charge on any atom is 0.337 e. The molecule has 17 heavy (non-hydrogen) atoms. The topological polar surface area (TPSA) is 50.2 Å². The first-order valence-electron chi connectivity index (χ1n) is 5.04. The fourth-order valence-corrected chi connectivity index (χ4v) is 1.61. The maximum atomic E-state index is 13.7. The highest BCUT2D eigenvalue weighted by Gasteiger charge is 2.15. The van der Waals surface area contributed by atoms with Gasteiger partial charge >= 0.3 is 5.97 Å². The SMILES string of the molecule is Cc1ccc(F)c(-c2ncccc2C(=O)O)c1. The Morgan fingerprint density at radius 3 is 2.82 bits per heavy atom. The van der Waals surface area contributed by atoms with Crippen LogP contribution < -0.4 is 0 Å². The lowest BCUT2D eigenvalue weighted by Gasteiger charge is -2.06. The molecule has 3 nitrogen and oxygen atoms in total. The summed E-state index contributed by atoms with van der Waals surface area (Å²) in [7, 11) is 0. The third-order valence-corrected chi connectivity index (χ3v) is 2.42. The zero-order chi connectivity index (χ0) is 12.4. The number of carbonyl (C=O) groups is 1. The van der Waals surface area contributed by atoms with E-state index in [1.54, 1.807) is 12.1 Å². The third kappa shape index (κ3) is 2.15. The monoisotopic (exact) mass is 231 g/mol. The minimum absolute atomic E-state index is 0.00278. The zero-order valence-electron chi connectivity index (χ0n) is 9.14. The molecule has 0 saturated carbocycles. The molecule has 0 radical (unpaired) electrons. The molecule has 1 heterocycles. The van der Waals surface area contributed by atoms with Crippen molar-refractivity contribution in [3.63, 3.8) is 0 Å². The lowest BCUT2D eigenvalue weighted by Crippen LogP contribution is -2.02. The molecule has 0 unspecified atom stereocenters. The van der Waals surface area contributed by atoms with E-state index in [1.807, 2.05) is 6.92 Å². The van der Waals surface area contributed by atoms with Gasteiger partial charge in [-0.3, -0.25) is 4.98 Å². The van der Waals surface area contributed by atoms with Gasteiger partial charge in [0.1, 0.15) is 5.82 Å². The molecular weight excluding hydrogens is 221 g/mol. The van der Waals surface area contributed by atoms with Gasteiger partial charge in [0.25, 0.3) is 0 Å². The van der Waals surface area contributed by atoms with Crippen LogP contribution in [0, 0.1) is 12.7 Å². The number of pyridine rings is 1. The summed E-state index contributed by atoms with van der Waals surface area (Å²) in [6, 6.07) is 7.45. The molecule has 2 aromatic rings. The molecule has 2 rings (SSSR count). The Bertz CT molecular complexity index is 581. The van der Waals surface area contributed by atoms with Crippen molar-refractivity contribution >= 4 is 5.97 Å². The van der Waals surface area contributed by atoms with Gasteiger partial charge in [-0.1, -0.05) is 11.6 Å². The fourth-order valence-electron chi connectivity index (χ4n) is 1.61. The summed E-state index contributed by atoms with van der Waals surface area (Å²) < 4.78 is 13.7. The molecule has 0 aliphatic carbocycles. The molecule has 1 aromatic heterocycles. The normalized spacial score (nSPS) is 10.2. The van der Waals surface area contributed by atoms with Crippen molar-refractivity contribution in [2.24, 2.45) is 0 Å². The third-order valence-electron chi connectivity index (χ3n) is 2.42. The van der Waals surface area contributed by atoms with Crippen molar-refractivity contribution < 1.29 is 14.3 Å². The predicted molar refractivity (Wildman–Crippen MR) is 61.3 cm³/mol. The Balaban J connectivity index is 2.68. The van der Waals surface area contributed by atoms with Crippen molar-refractivity contribution in [2.45, 2.75) is 6.92 Å². The van der Waals surface area contributed by atoms with Crippen LogP contribution in [0.1, 0.15) is 15.9 Å². The van der Waals surface area contributed by atoms with Crippen molar-refractivity contribution in [3.05, 3.63) is 53.5 Å². The predicted octanol–water partition coefficient (Wildman–Crippen LogP) is 2.89. The Morgan fingerprint density at radius 1 is 1.35 bits per heavy atom. The van der Waals surface area contributed by atoms with Gasteiger partial charge in [0.15, 0.2) is 0 Å². The minimum atomic E-state index is -1.12. The number of hydrogen-bond acceptors (Lipinski definition) is 2. The first kappa shape index (κ1) is 11.3. The van der Waals surface area contributed by atoms with Crippen LogP contribution in [0.5, 0.6) is 0 Å². The highest BCUT2D eigenvalue weighted by atomic mass is 19.1. The van der Waals surface area contributed by atoms with E-state index in [0.29, 0.717) is 0 Å². The van der Waals surface area contributed by atoms with Gasteiger partial charge in [0.2, 0.25) is 0 Å². The largest absolute Gasteiger partial charge is 0.478 e. The standard InChI is InChI=1S/C13H10FNO2/c1-8-4-5-11(14)10(7-8)12-9(13(16)17)3-2-6-15-12/h2-7H,1H3,(H,16,17). The summed E-state index contributed by atoms with van der Waals surface area (Å²) in [6.07, 6.45) is 1.45. The van der Waals surface area contributed by atoms with Gasteiger partial charge in [0, 0.05) is 11.8 Å². The van der Waals surface area contributed by atoms with E-state index in [-0.39, 0.29) is 16.8 Å². The van der Waals surface area contributed by atoms with Crippen LogP contribution in [0.3, 0.4) is 0 Å². The Hall–Kier alpha value is -2.23. The summed E-state index contributed by atoms with van der Waals surface area (Å²) in [5.41, 5.74) is 1.21. The van der Waals surface area contributed by atoms with Gasteiger partial charge in [-0.05, 0) is 31.2 Å². The smallest absolute Gasteiger partial charge is 0.337 e. The molecule has 0 aliphatic rings. The molecule has 0 fully saturated rings. The Kier molecular flexibility index (Phi) is 2.87. The van der Waals surface area contributed by atoms with E-state index in [4.69, 9.17) is 5.11 Å². The molecular formula is C13H10FNO2. The molecule has 0 aliphatic heterocycles. The van der Waals surface area contributed by atoms with Gasteiger partial charge in [-0.2, -0.15) is 0 Å². The van der Waals surface area contributed by atoms with Crippen LogP contribution in [0.4, 0.5) is 4.39 Å². The van der Waals surface area contributed by atoms with Crippen LogP contribution >= 0.6 is 0 Å². The highest BCUT2D eigenvalue weighted by molar-refractivity contribution is 5.94. The maximum absolute atomic E-state index is 13.7. The number of aromatic nitrogens is 1. The average molecular weight is 231 g/mol. The van der Waals surface area contributed by atoms with Crippen LogP contribution in [-0.4, -0.2) is 16.1 Å². The second kappa shape index (κ2) is 4.33. The number of nitrogens with zero attached hydrogens (tertiary/aromatic N) is 1. The summed E-state index contributed by atoms with van der Waals surface area (Å²) in [5, 5.41) is 9.02. The van der Waals surface area contributed by atoms with E-state index < -0.39 is 11.8 Å². The molecule has 1 aromatic carbocycles. The summed E-state index contributed by atoms with van der Waals surface area (Å²) in [5.74, 6) is -1.59. The van der Waals surface area contributed by atoms with Crippen LogP contribution in [0.25, 0.3) is 11.3 Å². The molecule has 86 valence electrons. The number of aryl methyl sites for hydroxylation is 1. The molecule has 0 bridgehead atoms. The van der Waals surface area contributed by atoms with Gasteiger partial charge in [-0.15, -0.1) is 0 Å². The first-order valence-corrected chi connectivity index (χ1v) is 5.04. The minimum Gasteiger partial charge on any atom is -0.478 e. The van der Waals surface area contributed by atoms with E-state index in [0.717, 1.165) is 5.56 Å². The summed E-state index contributed by atoms with van der Waals surface area (Å²) in [4.78, 5) is 15.0. The second-order valence-corrected chi connectivity index (χ2v) is 3.69. The zero-order valence-corrected chi connectivity index (χ0v) is 9.14. The van der Waals surface area contributed by atoms with E-state index in [9.17, 15) is 9.18 Å². The quantitative estimate of drug-likeness (QED) is 0.864. The molecule has 0 spiro atoms. The second-order valence-electron chi connectivity index (χ2n) is 3.69. The van der Waals surface area contributed by atoms with Crippen molar-refractivity contribution in [2.75, 3.05) is 0 Å². The Labute approximate surface area is 97.6 Å². The van der Waals surface area contributed by atoms with Gasteiger partial charge < -0.3 is 5.11 Å². The number of hydrogen-bond donors (Lipinski definition) is 1. The molecule has 4 heteroatoms. The van der Waals surface area contributed by atoms with E-state index in [2.05, 4.69) is 4.98 Å². The Morgan fingerprint density at radius 2 is 2.12 bits per heavy atom. The number of rotatable bonds is 2. The van der Waals surface area contributed by atoms with E-state index >= 15 is 0 Å². The highest BCUT2D eigenvalue weighted by Crippen LogP contribution is 2.25. The van der Waals surface area contributed by atoms with Crippen molar-refractivity contribution in [1.29, 1.82) is 0 Å². The fraction of sp³-hybridized carbons (Fsp3) is 0.0769. The molecule has 1 N–H and O–H groups in total. The summed E-state index contributed by atoms with van der Waals surface area (Å²) >= 11 is 0. The van der Waals surface area contributed by atoms with Crippen molar-refractivity contribution in [3.8, 4) is 11.3 Å². The van der Waals surface area contributed by atoms with Gasteiger partial charge in [0.05, 0.1) is 11.3 Å². The number of carboxylic acids is 1. The van der Waals surface area contributed by atoms with Crippen LogP contribution in [0.15, 0.2) is 36.5 Å². The number of benzene rings is 1. The molecule has 0 saturated heterocycles. The average Bonchev–Trinajstić information content (AvgIpc) is 2.32. The number of carboxylic acid groups (broad SMARTS) is 1. The lowest BCUT2D eigenvalue weighted by atomic mass is 10.0. The number of aromatic carboxylic acids is 1. The molecule has 0 amide bonds. The van der Waals surface area contributed by atoms with Crippen molar-refractivity contribution in [1.82, 2.24) is 4.98 Å². The molecule has 0 atom stereocenters. The van der Waals surface area contributed by atoms with E-state index in [1.165, 1.54) is 24.4 Å². The van der Waals surface area contributed by atoms with Crippen LogP contribution in [-0.2, 0) is 0 Å². The van der Waals surface area contributed by atoms with Gasteiger partial charge in [-0.25, -0.2) is 9.18 Å². The van der Waals surface area contributed by atoms with Crippen LogP contribution in [0.2, 0.25) is 0 Å². The number of halogens is 1.